The van der Waals surface area contributed by atoms with E-state index >= 15 is 0 Å². The third-order valence-corrected chi connectivity index (χ3v) is 6.45. The second-order valence-corrected chi connectivity index (χ2v) is 10.7. The van der Waals surface area contributed by atoms with E-state index in [1.165, 1.54) is 33.4 Å². The van der Waals surface area contributed by atoms with Gasteiger partial charge in [0.1, 0.15) is 0 Å². The van der Waals surface area contributed by atoms with Gasteiger partial charge in [0, 0.05) is 19.6 Å². The molecule has 3 nitrogen and oxygen atoms in total. The number of nitrogens with zero attached hydrogens (tertiary/aromatic N) is 1. The normalized spacial score (nSPS) is 13.5. The van der Waals surface area contributed by atoms with Gasteiger partial charge in [-0.1, -0.05) is 64.3 Å². The summed E-state index contributed by atoms with van der Waals surface area (Å²) in [5, 5.41) is 0. The highest BCUT2D eigenvalue weighted by atomic mass is 35.5. The van der Waals surface area contributed by atoms with Gasteiger partial charge in [-0.05, 0) is 105 Å². The van der Waals surface area contributed by atoms with Crippen molar-refractivity contribution in [1.29, 1.82) is 0 Å². The van der Waals surface area contributed by atoms with Crippen molar-refractivity contribution in [3.63, 3.8) is 0 Å². The van der Waals surface area contributed by atoms with Crippen LogP contribution in [-0.4, -0.2) is 24.8 Å². The minimum atomic E-state index is 0. The fraction of sp³-hybridized carbons (Fsp3) is 0.515. The summed E-state index contributed by atoms with van der Waals surface area (Å²) in [6.45, 7) is 18.6. The summed E-state index contributed by atoms with van der Waals surface area (Å²) in [5.41, 5.74) is 8.48. The van der Waals surface area contributed by atoms with Crippen molar-refractivity contribution in [1.82, 2.24) is 4.90 Å². The summed E-state index contributed by atoms with van der Waals surface area (Å²) in [7, 11) is 0. The quantitative estimate of drug-likeness (QED) is 0.212. The summed E-state index contributed by atoms with van der Waals surface area (Å²) in [6, 6.07) is 6.31. The number of fused-ring (bicyclic) bond motifs is 1. The average molecular weight is 528 g/mol. The van der Waals surface area contributed by atoms with E-state index in [2.05, 4.69) is 95.9 Å². The predicted molar refractivity (Wildman–Crippen MR) is 163 cm³/mol. The molecule has 1 aromatic carbocycles. The molecule has 0 unspecified atom stereocenters. The van der Waals surface area contributed by atoms with Crippen LogP contribution in [0.3, 0.4) is 0 Å². The first kappa shape index (κ1) is 32.8. The zero-order valence-corrected chi connectivity index (χ0v) is 25.2. The molecule has 0 spiro atoms. The number of hydrogen-bond acceptors (Lipinski definition) is 3. The number of hydrogen-bond donors (Lipinski definition) is 0. The number of halogens is 1. The third-order valence-electron chi connectivity index (χ3n) is 6.45. The molecular formula is C33H50ClNO2. The molecule has 0 atom stereocenters. The Bertz CT molecular complexity index is 976. The Kier molecular flexibility index (Phi) is 16.0. The monoisotopic (exact) mass is 527 g/mol. The molecule has 2 rings (SSSR count). The molecular weight excluding hydrogens is 478 g/mol. The SMILES string of the molecule is CC(C)=CCCC(C)=CCCC(C)=CCN(C/C=C(\C)CCC=C(C)C)Cc1ccc2c(c1)OCO2.Cl. The highest BCUT2D eigenvalue weighted by Gasteiger charge is 2.14. The van der Waals surface area contributed by atoms with Crippen molar-refractivity contribution >= 4 is 12.4 Å². The molecule has 1 aliphatic heterocycles. The van der Waals surface area contributed by atoms with Crippen LogP contribution in [0.25, 0.3) is 0 Å². The van der Waals surface area contributed by atoms with Gasteiger partial charge in [0.25, 0.3) is 0 Å². The second-order valence-electron chi connectivity index (χ2n) is 10.7. The zero-order valence-electron chi connectivity index (χ0n) is 24.4. The molecule has 1 heterocycles. The minimum Gasteiger partial charge on any atom is -0.454 e. The van der Waals surface area contributed by atoms with E-state index in [0.29, 0.717) is 6.79 Å². The van der Waals surface area contributed by atoms with Crippen LogP contribution in [0.5, 0.6) is 11.5 Å². The molecule has 37 heavy (non-hydrogen) atoms. The van der Waals surface area contributed by atoms with Crippen molar-refractivity contribution in [2.45, 2.75) is 93.5 Å². The van der Waals surface area contributed by atoms with Crippen LogP contribution < -0.4 is 9.47 Å². The van der Waals surface area contributed by atoms with Gasteiger partial charge in [-0.15, -0.1) is 12.4 Å². The van der Waals surface area contributed by atoms with E-state index in [1.807, 2.05) is 6.07 Å². The van der Waals surface area contributed by atoms with E-state index in [0.717, 1.165) is 69.7 Å². The smallest absolute Gasteiger partial charge is 0.231 e. The van der Waals surface area contributed by atoms with Gasteiger partial charge in [0.05, 0.1) is 0 Å². The van der Waals surface area contributed by atoms with Crippen LogP contribution in [0.2, 0.25) is 0 Å². The van der Waals surface area contributed by atoms with Crippen LogP contribution in [-0.2, 0) is 6.54 Å². The Morgan fingerprint density at radius 1 is 0.676 bits per heavy atom. The van der Waals surface area contributed by atoms with Crippen LogP contribution in [0.1, 0.15) is 92.6 Å². The highest BCUT2D eigenvalue weighted by Crippen LogP contribution is 2.32. The Morgan fingerprint density at radius 3 is 1.70 bits per heavy atom. The van der Waals surface area contributed by atoms with Gasteiger partial charge in [-0.3, -0.25) is 4.90 Å². The first-order chi connectivity index (χ1) is 17.2. The summed E-state index contributed by atoms with van der Waals surface area (Å²) in [5.74, 6) is 1.71. The molecule has 4 heteroatoms. The van der Waals surface area contributed by atoms with Crippen LogP contribution >= 0.6 is 12.4 Å². The number of rotatable bonds is 15. The fourth-order valence-corrected chi connectivity index (χ4v) is 4.10. The van der Waals surface area contributed by atoms with Crippen LogP contribution in [0, 0.1) is 0 Å². The van der Waals surface area contributed by atoms with Crippen LogP contribution in [0.15, 0.2) is 76.4 Å². The maximum atomic E-state index is 5.60. The van der Waals surface area contributed by atoms with E-state index in [-0.39, 0.29) is 12.4 Å². The summed E-state index contributed by atoms with van der Waals surface area (Å²) in [4.78, 5) is 2.51. The largest absolute Gasteiger partial charge is 0.454 e. The Labute approximate surface area is 233 Å². The van der Waals surface area contributed by atoms with Gasteiger partial charge in [0.15, 0.2) is 11.5 Å². The summed E-state index contributed by atoms with van der Waals surface area (Å²) >= 11 is 0. The molecule has 0 saturated heterocycles. The molecule has 0 saturated carbocycles. The van der Waals surface area contributed by atoms with Crippen molar-refractivity contribution in [3.05, 3.63) is 82.0 Å². The lowest BCUT2D eigenvalue weighted by atomic mass is 10.1. The average Bonchev–Trinajstić information content (AvgIpc) is 3.28. The van der Waals surface area contributed by atoms with Gasteiger partial charge >= 0.3 is 0 Å². The Morgan fingerprint density at radius 2 is 1.16 bits per heavy atom. The van der Waals surface area contributed by atoms with Crippen LogP contribution in [0.4, 0.5) is 0 Å². The lowest BCUT2D eigenvalue weighted by Crippen LogP contribution is -2.24. The first-order valence-corrected chi connectivity index (χ1v) is 13.6. The predicted octanol–water partition coefficient (Wildman–Crippen LogP) is 9.75. The lowest BCUT2D eigenvalue weighted by Gasteiger charge is -2.20. The summed E-state index contributed by atoms with van der Waals surface area (Å²) in [6.07, 6.45) is 18.7. The topological polar surface area (TPSA) is 21.7 Å². The van der Waals surface area contributed by atoms with Crippen molar-refractivity contribution < 1.29 is 9.47 Å². The zero-order chi connectivity index (χ0) is 26.3. The van der Waals surface area contributed by atoms with Gasteiger partial charge in [-0.2, -0.15) is 0 Å². The van der Waals surface area contributed by atoms with Gasteiger partial charge in [0.2, 0.25) is 6.79 Å². The van der Waals surface area contributed by atoms with E-state index in [1.54, 1.807) is 0 Å². The molecule has 0 amide bonds. The Hall–Kier alpha value is -2.23. The van der Waals surface area contributed by atoms with Crippen molar-refractivity contribution in [2.24, 2.45) is 0 Å². The number of benzene rings is 1. The molecule has 0 fully saturated rings. The van der Waals surface area contributed by atoms with Gasteiger partial charge < -0.3 is 9.47 Å². The second kappa shape index (κ2) is 18.1. The molecule has 1 aromatic rings. The fourth-order valence-electron chi connectivity index (χ4n) is 4.10. The van der Waals surface area contributed by atoms with E-state index in [9.17, 15) is 0 Å². The first-order valence-electron chi connectivity index (χ1n) is 13.6. The maximum Gasteiger partial charge on any atom is 0.231 e. The molecule has 0 aromatic heterocycles. The van der Waals surface area contributed by atoms with Crippen molar-refractivity contribution in [3.8, 4) is 11.5 Å². The minimum absolute atomic E-state index is 0. The number of allylic oxidation sites excluding steroid dienone is 8. The van der Waals surface area contributed by atoms with E-state index in [4.69, 9.17) is 9.47 Å². The highest BCUT2D eigenvalue weighted by molar-refractivity contribution is 5.85. The number of ether oxygens (including phenoxy) is 2. The molecule has 1 aliphatic rings. The van der Waals surface area contributed by atoms with E-state index < -0.39 is 0 Å². The lowest BCUT2D eigenvalue weighted by molar-refractivity contribution is 0.174. The standard InChI is InChI=1S/C33H49NO2.ClH/c1-26(2)11-8-13-28(5)15-10-16-30(7)20-22-34(21-19-29(6)14-9-12-27(3)4)24-31-17-18-32-33(23-31)36-25-35-32;/h11-12,15,17-20,23H,8-10,13-14,16,21-22,24-25H2,1-7H3;1H/b28-15?,29-19+,30-20?;. The maximum absolute atomic E-state index is 5.60. The molecule has 0 N–H and O–H groups in total. The third kappa shape index (κ3) is 14.3. The molecule has 0 bridgehead atoms. The molecule has 206 valence electrons. The Balaban J connectivity index is 0.00000684. The summed E-state index contributed by atoms with van der Waals surface area (Å²) < 4.78 is 11.1. The molecule has 0 aliphatic carbocycles. The van der Waals surface area contributed by atoms with Crippen molar-refractivity contribution in [2.75, 3.05) is 19.9 Å². The molecule has 0 radical (unpaired) electrons. The van der Waals surface area contributed by atoms with Gasteiger partial charge in [-0.25, -0.2) is 0 Å².